The third-order valence-corrected chi connectivity index (χ3v) is 5.49. The number of carbonyl (C=O) groups is 1. The van der Waals surface area contributed by atoms with Crippen molar-refractivity contribution < 1.29 is 14.3 Å². The molecule has 1 N–H and O–H groups in total. The minimum Gasteiger partial charge on any atom is -0.495 e. The Bertz CT molecular complexity index is 798. The molecule has 0 aliphatic heterocycles. The first kappa shape index (κ1) is 20.6. The second-order valence-electron chi connectivity index (χ2n) is 4.59. The lowest BCUT2D eigenvalue weighted by Gasteiger charge is -2.14. The van der Waals surface area contributed by atoms with Gasteiger partial charge in [-0.15, -0.1) is 0 Å². The van der Waals surface area contributed by atoms with Crippen molar-refractivity contribution in [3.05, 3.63) is 48.3 Å². The fourth-order valence-corrected chi connectivity index (χ4v) is 3.28. The van der Waals surface area contributed by atoms with E-state index < -0.39 is 12.5 Å². The van der Waals surface area contributed by atoms with Gasteiger partial charge < -0.3 is 14.8 Å². The minimum atomic E-state index is -0.476. The van der Waals surface area contributed by atoms with Gasteiger partial charge in [0.05, 0.1) is 27.2 Å². The van der Waals surface area contributed by atoms with Crippen LogP contribution in [0, 0.1) is 0 Å². The van der Waals surface area contributed by atoms with Crippen LogP contribution in [0.1, 0.15) is 0 Å². The van der Waals surface area contributed by atoms with Gasteiger partial charge in [0, 0.05) is 5.69 Å². The molecule has 0 heterocycles. The van der Waals surface area contributed by atoms with Crippen molar-refractivity contribution >= 4 is 81.2 Å². The fraction of sp³-hybridized carbons (Fsp3) is 0.133. The van der Waals surface area contributed by atoms with E-state index in [9.17, 15) is 4.79 Å². The van der Waals surface area contributed by atoms with E-state index in [1.54, 1.807) is 12.1 Å². The van der Waals surface area contributed by atoms with E-state index in [2.05, 4.69) is 5.32 Å². The summed E-state index contributed by atoms with van der Waals surface area (Å²) in [5.41, 5.74) is 0.462. The van der Waals surface area contributed by atoms with E-state index in [0.717, 1.165) is 0 Å². The zero-order valence-corrected chi connectivity index (χ0v) is 17.0. The number of anilines is 1. The second kappa shape index (κ2) is 8.76. The zero-order valence-electron chi connectivity index (χ0n) is 12.4. The number of amides is 1. The quantitative estimate of drug-likeness (QED) is 0.399. The van der Waals surface area contributed by atoms with E-state index in [0.29, 0.717) is 16.5 Å². The molecule has 0 aromatic heterocycles. The number of benzene rings is 2. The van der Waals surface area contributed by atoms with Crippen LogP contribution in [0.25, 0.3) is 0 Å². The number of hydrogen-bond donors (Lipinski definition) is 1. The van der Waals surface area contributed by atoms with Crippen molar-refractivity contribution in [3.63, 3.8) is 0 Å². The largest absolute Gasteiger partial charge is 0.495 e. The van der Waals surface area contributed by atoms with E-state index in [1.807, 2.05) is 0 Å². The first-order valence-electron chi connectivity index (χ1n) is 6.53. The molecule has 10 heteroatoms. The zero-order chi connectivity index (χ0) is 18.7. The predicted molar refractivity (Wildman–Crippen MR) is 104 cm³/mol. The fourth-order valence-electron chi connectivity index (χ4n) is 1.79. The number of rotatable bonds is 5. The first-order valence-corrected chi connectivity index (χ1v) is 8.80. The van der Waals surface area contributed by atoms with Crippen LogP contribution >= 0.6 is 69.6 Å². The molecule has 0 saturated heterocycles. The Morgan fingerprint density at radius 2 is 1.52 bits per heavy atom. The van der Waals surface area contributed by atoms with E-state index in [-0.39, 0.29) is 30.9 Å². The summed E-state index contributed by atoms with van der Waals surface area (Å²) < 4.78 is 10.4. The average molecular weight is 464 g/mol. The summed E-state index contributed by atoms with van der Waals surface area (Å²) in [4.78, 5) is 12.0. The number of halogens is 6. The molecule has 2 rings (SSSR count). The highest BCUT2D eigenvalue weighted by molar-refractivity contribution is 6.55. The molecule has 2 aromatic rings. The Kier molecular flexibility index (Phi) is 7.20. The van der Waals surface area contributed by atoms with Crippen molar-refractivity contribution in [2.45, 2.75) is 0 Å². The summed E-state index contributed by atoms with van der Waals surface area (Å²) >= 11 is 35.8. The normalized spacial score (nSPS) is 10.5. The molecule has 0 saturated carbocycles. The van der Waals surface area contributed by atoms with Crippen molar-refractivity contribution in [3.8, 4) is 11.5 Å². The van der Waals surface area contributed by atoms with Gasteiger partial charge in [-0.05, 0) is 18.2 Å². The molecule has 0 spiro atoms. The summed E-state index contributed by atoms with van der Waals surface area (Å²) in [5, 5.41) is 2.84. The Morgan fingerprint density at radius 1 is 0.960 bits per heavy atom. The third-order valence-electron chi connectivity index (χ3n) is 2.95. The van der Waals surface area contributed by atoms with Gasteiger partial charge in [-0.25, -0.2) is 0 Å². The summed E-state index contributed by atoms with van der Waals surface area (Å²) in [7, 11) is 1.49. The Hall–Kier alpha value is -0.750. The van der Waals surface area contributed by atoms with Crippen LogP contribution in [0.15, 0.2) is 18.2 Å². The minimum absolute atomic E-state index is 0.00279. The van der Waals surface area contributed by atoms with Crippen LogP contribution in [-0.4, -0.2) is 19.6 Å². The average Bonchev–Trinajstić information content (AvgIpc) is 2.58. The molecule has 0 atom stereocenters. The summed E-state index contributed by atoms with van der Waals surface area (Å²) in [6.07, 6.45) is 0. The highest BCUT2D eigenvalue weighted by Crippen LogP contribution is 2.48. The molecular formula is C15H9Cl6NO3. The monoisotopic (exact) mass is 461 g/mol. The first-order chi connectivity index (χ1) is 11.8. The number of nitrogens with one attached hydrogen (secondary N) is 1. The summed E-state index contributed by atoms with van der Waals surface area (Å²) in [6, 6.07) is 4.78. The molecule has 4 nitrogen and oxygen atoms in total. The lowest BCUT2D eigenvalue weighted by Crippen LogP contribution is -2.20. The molecule has 0 radical (unpaired) electrons. The molecule has 25 heavy (non-hydrogen) atoms. The van der Waals surface area contributed by atoms with Crippen LogP contribution in [0.5, 0.6) is 11.5 Å². The topological polar surface area (TPSA) is 47.6 Å². The molecule has 0 aliphatic rings. The van der Waals surface area contributed by atoms with Crippen molar-refractivity contribution in [1.29, 1.82) is 0 Å². The van der Waals surface area contributed by atoms with Gasteiger partial charge in [-0.1, -0.05) is 69.6 Å². The summed E-state index contributed by atoms with van der Waals surface area (Å²) in [5.74, 6) is -0.0267. The van der Waals surface area contributed by atoms with Gasteiger partial charge >= 0.3 is 0 Å². The maximum atomic E-state index is 12.0. The maximum absolute atomic E-state index is 12.0. The molecule has 2 aromatic carbocycles. The summed E-state index contributed by atoms with van der Waals surface area (Å²) in [6.45, 7) is -0.391. The Morgan fingerprint density at radius 3 is 2.04 bits per heavy atom. The van der Waals surface area contributed by atoms with Gasteiger partial charge in [0.15, 0.2) is 12.4 Å². The van der Waals surface area contributed by atoms with E-state index >= 15 is 0 Å². The maximum Gasteiger partial charge on any atom is 0.262 e. The van der Waals surface area contributed by atoms with Gasteiger partial charge in [-0.2, -0.15) is 0 Å². The molecule has 0 unspecified atom stereocenters. The molecular weight excluding hydrogens is 455 g/mol. The number of hydrogen-bond acceptors (Lipinski definition) is 3. The Labute approximate surface area is 173 Å². The molecule has 134 valence electrons. The lowest BCUT2D eigenvalue weighted by atomic mass is 10.3. The smallest absolute Gasteiger partial charge is 0.262 e. The van der Waals surface area contributed by atoms with Gasteiger partial charge in [0.1, 0.15) is 15.8 Å². The van der Waals surface area contributed by atoms with Crippen molar-refractivity contribution in [2.75, 3.05) is 19.0 Å². The molecule has 0 aliphatic carbocycles. The van der Waals surface area contributed by atoms with Gasteiger partial charge in [-0.3, -0.25) is 4.79 Å². The van der Waals surface area contributed by atoms with Crippen LogP contribution in [0.4, 0.5) is 5.69 Å². The van der Waals surface area contributed by atoms with Crippen molar-refractivity contribution in [2.24, 2.45) is 0 Å². The standard InChI is InChI=1S/C15H9Cl6NO3/c1-24-8-3-2-6(4-7(8)16)22-9(23)5-25-15-13(20)11(18)10(17)12(19)14(15)21/h2-4H,5H2,1H3,(H,22,23). The van der Waals surface area contributed by atoms with Crippen LogP contribution < -0.4 is 14.8 Å². The highest BCUT2D eigenvalue weighted by Gasteiger charge is 2.21. The van der Waals surface area contributed by atoms with Gasteiger partial charge in [0.2, 0.25) is 0 Å². The third kappa shape index (κ3) is 4.70. The molecule has 0 bridgehead atoms. The second-order valence-corrected chi connectivity index (χ2v) is 6.88. The van der Waals surface area contributed by atoms with Crippen LogP contribution in [0.3, 0.4) is 0 Å². The van der Waals surface area contributed by atoms with E-state index in [4.69, 9.17) is 79.1 Å². The lowest BCUT2D eigenvalue weighted by molar-refractivity contribution is -0.118. The van der Waals surface area contributed by atoms with Crippen LogP contribution in [0.2, 0.25) is 30.1 Å². The molecule has 0 fully saturated rings. The number of ether oxygens (including phenoxy) is 2. The molecule has 1 amide bonds. The van der Waals surface area contributed by atoms with Crippen LogP contribution in [-0.2, 0) is 4.79 Å². The van der Waals surface area contributed by atoms with Crippen molar-refractivity contribution in [1.82, 2.24) is 0 Å². The number of methoxy groups -OCH3 is 1. The predicted octanol–water partition coefficient (Wildman–Crippen LogP) is 6.63. The highest BCUT2D eigenvalue weighted by atomic mass is 35.5. The SMILES string of the molecule is COc1ccc(NC(=O)COc2c(Cl)c(Cl)c(Cl)c(Cl)c2Cl)cc1Cl. The number of carbonyl (C=O) groups excluding carboxylic acids is 1. The van der Waals surface area contributed by atoms with Gasteiger partial charge in [0.25, 0.3) is 5.91 Å². The Balaban J connectivity index is 2.09. The van der Waals surface area contributed by atoms with E-state index in [1.165, 1.54) is 13.2 Å².